The number of nitrogens with zero attached hydrogens (tertiary/aromatic N) is 2. The number of aromatic nitrogens is 1. The largest absolute Gasteiger partial charge is 0.310 e. The van der Waals surface area contributed by atoms with Crippen molar-refractivity contribution >= 4 is 49.6 Å². The number of anilines is 3. The van der Waals surface area contributed by atoms with Gasteiger partial charge in [-0.1, -0.05) is 184 Å². The maximum absolute atomic E-state index is 2.53. The van der Waals surface area contributed by atoms with Crippen molar-refractivity contribution in [1.29, 1.82) is 0 Å². The zero-order valence-electron chi connectivity index (χ0n) is 35.7. The maximum Gasteiger partial charge on any atom is 0.0725 e. The molecule has 0 bridgehead atoms. The van der Waals surface area contributed by atoms with E-state index in [4.69, 9.17) is 0 Å². The summed E-state index contributed by atoms with van der Waals surface area (Å²) in [5.74, 6) is 0. The molecule has 1 heterocycles. The Kier molecular flexibility index (Phi) is 7.13. The van der Waals surface area contributed by atoms with Crippen molar-refractivity contribution in [3.8, 4) is 39.1 Å². The minimum absolute atomic E-state index is 0.0966. The maximum atomic E-state index is 2.53. The highest BCUT2D eigenvalue weighted by Gasteiger charge is 2.50. The fraction of sp³-hybridized carbons (Fsp3) is 0.0645. The Morgan fingerprint density at radius 2 is 0.859 bits per heavy atom. The minimum Gasteiger partial charge on any atom is -0.310 e. The highest BCUT2D eigenvalue weighted by atomic mass is 15.1. The first-order valence-corrected chi connectivity index (χ1v) is 22.5. The molecule has 0 radical (unpaired) electrons. The van der Waals surface area contributed by atoms with E-state index >= 15 is 0 Å². The third-order valence-electron chi connectivity index (χ3n) is 15.0. The highest BCUT2D eigenvalue weighted by molar-refractivity contribution is 6.14. The van der Waals surface area contributed by atoms with Gasteiger partial charge in [0.25, 0.3) is 0 Å². The normalized spacial score (nSPS) is 14.3. The Balaban J connectivity index is 1.09. The van der Waals surface area contributed by atoms with Gasteiger partial charge >= 0.3 is 0 Å². The van der Waals surface area contributed by atoms with E-state index in [2.05, 4.69) is 242 Å². The molecule has 1 aromatic heterocycles. The average molecular weight is 815 g/mol. The molecule has 0 amide bonds. The van der Waals surface area contributed by atoms with Crippen molar-refractivity contribution in [1.82, 2.24) is 4.57 Å². The predicted octanol–water partition coefficient (Wildman–Crippen LogP) is 16.1. The van der Waals surface area contributed by atoms with Crippen LogP contribution in [0.3, 0.4) is 0 Å². The van der Waals surface area contributed by atoms with Crippen LogP contribution in [-0.2, 0) is 10.8 Å². The van der Waals surface area contributed by atoms with Gasteiger partial charge in [0.05, 0.1) is 22.1 Å². The third-order valence-corrected chi connectivity index (χ3v) is 15.0. The second kappa shape index (κ2) is 12.8. The van der Waals surface area contributed by atoms with Crippen molar-refractivity contribution in [2.45, 2.75) is 24.7 Å². The van der Waals surface area contributed by atoms with Gasteiger partial charge in [0, 0.05) is 38.6 Å². The van der Waals surface area contributed by atoms with E-state index in [1.54, 1.807) is 0 Å². The summed E-state index contributed by atoms with van der Waals surface area (Å²) in [4.78, 5) is 2.53. The zero-order valence-corrected chi connectivity index (χ0v) is 35.7. The lowest BCUT2D eigenvalue weighted by molar-refractivity contribution is 0.660. The van der Waals surface area contributed by atoms with Crippen LogP contribution in [0.5, 0.6) is 0 Å². The number of hydrogen-bond acceptors (Lipinski definition) is 1. The molecule has 0 N–H and O–H groups in total. The molecule has 2 heteroatoms. The van der Waals surface area contributed by atoms with Crippen LogP contribution in [0.25, 0.3) is 71.6 Å². The summed E-state index contributed by atoms with van der Waals surface area (Å²) in [5, 5.41) is 5.03. The molecule has 10 aromatic carbocycles. The first-order chi connectivity index (χ1) is 31.5. The van der Waals surface area contributed by atoms with Crippen molar-refractivity contribution in [3.05, 3.63) is 252 Å². The van der Waals surface area contributed by atoms with Gasteiger partial charge in [-0.3, -0.25) is 0 Å². The predicted molar refractivity (Wildman–Crippen MR) is 267 cm³/mol. The second-order valence-corrected chi connectivity index (χ2v) is 18.4. The molecule has 0 fully saturated rings. The molecule has 3 aliphatic carbocycles. The van der Waals surface area contributed by atoms with E-state index in [0.717, 1.165) is 22.7 Å². The summed E-state index contributed by atoms with van der Waals surface area (Å²) in [6.45, 7) is 4.73. The first kappa shape index (κ1) is 35.6. The molecule has 3 aliphatic rings. The van der Waals surface area contributed by atoms with Crippen LogP contribution in [0, 0.1) is 0 Å². The summed E-state index contributed by atoms with van der Waals surface area (Å²) >= 11 is 0. The Hall–Kier alpha value is -7.94. The lowest BCUT2D eigenvalue weighted by Gasteiger charge is -2.40. The van der Waals surface area contributed by atoms with Crippen LogP contribution < -0.4 is 4.90 Å². The Labute approximate surface area is 372 Å². The molecule has 11 aromatic rings. The smallest absolute Gasteiger partial charge is 0.0725 e. The van der Waals surface area contributed by atoms with Gasteiger partial charge in [-0.15, -0.1) is 0 Å². The topological polar surface area (TPSA) is 8.17 Å². The van der Waals surface area contributed by atoms with Gasteiger partial charge in [0.2, 0.25) is 0 Å². The van der Waals surface area contributed by atoms with Gasteiger partial charge < -0.3 is 9.47 Å². The molecule has 0 saturated heterocycles. The summed E-state index contributed by atoms with van der Waals surface area (Å²) < 4.78 is 2.43. The number of rotatable bonds is 4. The molecule has 0 atom stereocenters. The summed E-state index contributed by atoms with van der Waals surface area (Å²) in [7, 11) is 0. The molecule has 2 nitrogen and oxygen atoms in total. The van der Waals surface area contributed by atoms with Crippen molar-refractivity contribution in [3.63, 3.8) is 0 Å². The average Bonchev–Trinajstić information content (AvgIpc) is 3.92. The Morgan fingerprint density at radius 1 is 0.344 bits per heavy atom. The summed E-state index contributed by atoms with van der Waals surface area (Å²) in [6, 6.07) is 82.1. The SMILES string of the molecule is CC1(C)c2ccccc2-c2cc(N(c3ccc4c5ccccc5n(-c5ccccc5)c4c3)c3ccc4c5c(cccc35)C3(c5ccccc5-c5ccccc53)c3ccccc3-4)ccc21. The van der Waals surface area contributed by atoms with Gasteiger partial charge in [0.1, 0.15) is 0 Å². The van der Waals surface area contributed by atoms with Crippen LogP contribution in [0.1, 0.15) is 47.2 Å². The summed E-state index contributed by atoms with van der Waals surface area (Å²) in [5.41, 5.74) is 22.3. The third kappa shape index (κ3) is 4.49. The zero-order chi connectivity index (χ0) is 42.3. The molecule has 0 saturated carbocycles. The van der Waals surface area contributed by atoms with Crippen LogP contribution in [0.15, 0.2) is 218 Å². The fourth-order valence-electron chi connectivity index (χ4n) is 12.4. The lowest BCUT2D eigenvalue weighted by Crippen LogP contribution is -2.31. The minimum atomic E-state index is -0.474. The fourth-order valence-corrected chi connectivity index (χ4v) is 12.4. The van der Waals surface area contributed by atoms with E-state index < -0.39 is 5.41 Å². The van der Waals surface area contributed by atoms with E-state index in [1.807, 2.05) is 0 Å². The van der Waals surface area contributed by atoms with Gasteiger partial charge in [-0.2, -0.15) is 0 Å². The molecular formula is C62H42N2. The quantitative estimate of drug-likeness (QED) is 0.172. The first-order valence-electron chi connectivity index (χ1n) is 22.5. The molecule has 0 unspecified atom stereocenters. The van der Waals surface area contributed by atoms with Crippen LogP contribution in [0.2, 0.25) is 0 Å². The van der Waals surface area contributed by atoms with Crippen LogP contribution >= 0.6 is 0 Å². The van der Waals surface area contributed by atoms with Gasteiger partial charge in [-0.25, -0.2) is 0 Å². The van der Waals surface area contributed by atoms with Gasteiger partial charge in [-0.05, 0) is 121 Å². The van der Waals surface area contributed by atoms with Crippen molar-refractivity contribution < 1.29 is 0 Å². The van der Waals surface area contributed by atoms with Crippen LogP contribution in [0.4, 0.5) is 17.1 Å². The Morgan fingerprint density at radius 3 is 1.58 bits per heavy atom. The van der Waals surface area contributed by atoms with E-state index in [0.29, 0.717) is 0 Å². The molecule has 300 valence electrons. The highest BCUT2D eigenvalue weighted by Crippen LogP contribution is 2.62. The molecule has 1 spiro atoms. The molecule has 64 heavy (non-hydrogen) atoms. The monoisotopic (exact) mass is 814 g/mol. The standard InChI is InChI=1S/C62H42N2/c1-61(2)51-25-11-6-22-45(51)50-37-40(32-35-52(50)61)63(41-31-33-47-46-23-10-15-30-57(46)64(59(47)38-41)39-17-4-3-5-18-39)58-36-34-48-44-21-9-14-28-55(44)62(56-29-16-24-49(58)60(48)56)53-26-12-7-19-42(53)43-20-8-13-27-54(43)62/h3-38H,1-2H3. The van der Waals surface area contributed by atoms with Gasteiger partial charge in [0.15, 0.2) is 0 Å². The second-order valence-electron chi connectivity index (χ2n) is 18.4. The number of fused-ring (bicyclic) bond motifs is 15. The number of benzene rings is 10. The van der Waals surface area contributed by atoms with Crippen LogP contribution in [-0.4, -0.2) is 4.57 Å². The van der Waals surface area contributed by atoms with E-state index in [-0.39, 0.29) is 5.41 Å². The Bertz CT molecular complexity index is 3730. The molecule has 14 rings (SSSR count). The van der Waals surface area contributed by atoms with E-state index in [1.165, 1.54) is 99.3 Å². The number of para-hydroxylation sites is 2. The van der Waals surface area contributed by atoms with E-state index in [9.17, 15) is 0 Å². The summed E-state index contributed by atoms with van der Waals surface area (Å²) in [6.07, 6.45) is 0. The molecular weight excluding hydrogens is 773 g/mol. The lowest BCUT2D eigenvalue weighted by atomic mass is 9.61. The molecule has 0 aliphatic heterocycles. The van der Waals surface area contributed by atoms with Crippen molar-refractivity contribution in [2.75, 3.05) is 4.90 Å². The van der Waals surface area contributed by atoms with Crippen molar-refractivity contribution in [2.24, 2.45) is 0 Å². The number of hydrogen-bond donors (Lipinski definition) is 0.